The highest BCUT2D eigenvalue weighted by Crippen LogP contribution is 2.46. The van der Waals surface area contributed by atoms with Crippen molar-refractivity contribution >= 4 is 34.5 Å². The molecule has 0 aliphatic heterocycles. The number of carbonyl (C=O) groups excluding carboxylic acids is 1. The Bertz CT molecular complexity index is 475. The topological polar surface area (TPSA) is 55.1 Å². The highest BCUT2D eigenvalue weighted by molar-refractivity contribution is 7.80. The summed E-state index contributed by atoms with van der Waals surface area (Å²) in [4.78, 5) is 12.6. The third kappa shape index (κ3) is 2.29. The summed E-state index contributed by atoms with van der Waals surface area (Å²) in [6, 6.07) is 0. The molecule has 1 fully saturated rings. The van der Waals surface area contributed by atoms with E-state index in [0.717, 1.165) is 12.8 Å². The van der Waals surface area contributed by atoms with Gasteiger partial charge in [-0.2, -0.15) is 11.3 Å². The molecule has 0 bridgehead atoms. The van der Waals surface area contributed by atoms with Gasteiger partial charge in [0, 0.05) is 6.54 Å². The Morgan fingerprint density at radius 3 is 2.72 bits per heavy atom. The Labute approximate surface area is 117 Å². The molecule has 1 aromatic heterocycles. The van der Waals surface area contributed by atoms with Crippen molar-refractivity contribution in [3.63, 3.8) is 0 Å². The number of hydrogen-bond acceptors (Lipinski definition) is 3. The summed E-state index contributed by atoms with van der Waals surface area (Å²) in [5.74, 6) is 0.513. The van der Waals surface area contributed by atoms with Gasteiger partial charge in [-0.05, 0) is 47.6 Å². The SMILES string of the molecule is Cc1cscc1CNC(=O)C1(C(N)=S)CC(C)C1. The zero-order chi connectivity index (χ0) is 13.3. The zero-order valence-electron chi connectivity index (χ0n) is 10.7. The van der Waals surface area contributed by atoms with Crippen LogP contribution in [0.15, 0.2) is 10.8 Å². The van der Waals surface area contributed by atoms with Gasteiger partial charge in [0.1, 0.15) is 0 Å². The third-order valence-corrected chi connectivity index (χ3v) is 5.00. The van der Waals surface area contributed by atoms with Crippen molar-refractivity contribution < 1.29 is 4.79 Å². The van der Waals surface area contributed by atoms with Crippen LogP contribution in [0.3, 0.4) is 0 Å². The van der Waals surface area contributed by atoms with E-state index >= 15 is 0 Å². The Morgan fingerprint density at radius 1 is 1.61 bits per heavy atom. The summed E-state index contributed by atoms with van der Waals surface area (Å²) in [5.41, 5.74) is 7.53. The van der Waals surface area contributed by atoms with Gasteiger partial charge in [-0.3, -0.25) is 4.79 Å². The third-order valence-electron chi connectivity index (χ3n) is 3.70. The van der Waals surface area contributed by atoms with E-state index in [1.165, 1.54) is 11.1 Å². The van der Waals surface area contributed by atoms with E-state index in [1.807, 2.05) is 6.92 Å². The average Bonchev–Trinajstić information content (AvgIpc) is 2.66. The number of nitrogens with one attached hydrogen (secondary N) is 1. The second-order valence-corrected chi connectivity index (χ2v) is 6.41. The van der Waals surface area contributed by atoms with E-state index in [4.69, 9.17) is 18.0 Å². The number of amides is 1. The van der Waals surface area contributed by atoms with Gasteiger partial charge in [0.05, 0.1) is 10.4 Å². The predicted molar refractivity (Wildman–Crippen MR) is 78.5 cm³/mol. The largest absolute Gasteiger partial charge is 0.392 e. The summed E-state index contributed by atoms with van der Waals surface area (Å²) in [7, 11) is 0. The van der Waals surface area contributed by atoms with Gasteiger partial charge in [0.15, 0.2) is 0 Å². The second kappa shape index (κ2) is 4.97. The van der Waals surface area contributed by atoms with Gasteiger partial charge in [0.25, 0.3) is 0 Å². The molecule has 0 spiro atoms. The van der Waals surface area contributed by atoms with Gasteiger partial charge in [-0.25, -0.2) is 0 Å². The Balaban J connectivity index is 1.99. The molecular weight excluding hydrogens is 264 g/mol. The molecule has 0 atom stereocenters. The van der Waals surface area contributed by atoms with Crippen molar-refractivity contribution in [2.24, 2.45) is 17.1 Å². The number of hydrogen-bond donors (Lipinski definition) is 2. The van der Waals surface area contributed by atoms with E-state index in [-0.39, 0.29) is 5.91 Å². The van der Waals surface area contributed by atoms with Crippen molar-refractivity contribution in [2.75, 3.05) is 0 Å². The van der Waals surface area contributed by atoms with Gasteiger partial charge in [0.2, 0.25) is 5.91 Å². The molecule has 18 heavy (non-hydrogen) atoms. The minimum atomic E-state index is -0.599. The fourth-order valence-electron chi connectivity index (χ4n) is 2.54. The van der Waals surface area contributed by atoms with Crippen LogP contribution in [0.1, 0.15) is 30.9 Å². The Morgan fingerprint density at radius 2 is 2.28 bits per heavy atom. The quantitative estimate of drug-likeness (QED) is 0.834. The lowest BCUT2D eigenvalue weighted by Crippen LogP contribution is -2.55. The Hall–Kier alpha value is -0.940. The fourth-order valence-corrected chi connectivity index (χ4v) is 3.66. The number of thiophene rings is 1. The first-order valence-corrected chi connectivity index (χ1v) is 7.40. The summed E-state index contributed by atoms with van der Waals surface area (Å²) in [6.45, 7) is 4.73. The van der Waals surface area contributed by atoms with Gasteiger partial charge in [-0.15, -0.1) is 0 Å². The minimum absolute atomic E-state index is 0.0151. The first-order chi connectivity index (χ1) is 8.45. The number of rotatable bonds is 4. The maximum absolute atomic E-state index is 12.3. The maximum Gasteiger partial charge on any atom is 0.233 e. The molecule has 0 radical (unpaired) electrons. The summed E-state index contributed by atoms with van der Waals surface area (Å²) in [5, 5.41) is 7.11. The summed E-state index contributed by atoms with van der Waals surface area (Å²) in [6.07, 6.45) is 1.55. The van der Waals surface area contributed by atoms with E-state index in [2.05, 4.69) is 23.0 Å². The van der Waals surface area contributed by atoms with Crippen LogP contribution >= 0.6 is 23.6 Å². The Kier molecular flexibility index (Phi) is 3.73. The van der Waals surface area contributed by atoms with Crippen LogP contribution in [0, 0.1) is 18.3 Å². The second-order valence-electron chi connectivity index (χ2n) is 5.22. The van der Waals surface area contributed by atoms with Crippen molar-refractivity contribution in [2.45, 2.75) is 33.2 Å². The summed E-state index contributed by atoms with van der Waals surface area (Å²) < 4.78 is 0. The van der Waals surface area contributed by atoms with Crippen LogP contribution < -0.4 is 11.1 Å². The first-order valence-electron chi connectivity index (χ1n) is 6.05. The molecule has 5 heteroatoms. The molecule has 1 heterocycles. The van der Waals surface area contributed by atoms with E-state index < -0.39 is 5.41 Å². The number of aryl methyl sites for hydroxylation is 1. The summed E-state index contributed by atoms with van der Waals surface area (Å²) >= 11 is 6.72. The molecule has 1 aromatic rings. The average molecular weight is 282 g/mol. The standard InChI is InChI=1S/C13H18N2OS2/c1-8-3-13(4-8,11(14)17)12(16)15-5-10-7-18-6-9(10)2/h6-8H,3-5H2,1-2H3,(H2,14,17)(H,15,16). The van der Waals surface area contributed by atoms with E-state index in [1.54, 1.807) is 11.3 Å². The van der Waals surface area contributed by atoms with E-state index in [0.29, 0.717) is 17.5 Å². The molecule has 1 aliphatic carbocycles. The molecule has 0 unspecified atom stereocenters. The lowest BCUT2D eigenvalue weighted by Gasteiger charge is -2.44. The maximum atomic E-state index is 12.3. The molecule has 1 amide bonds. The molecule has 3 N–H and O–H groups in total. The van der Waals surface area contributed by atoms with E-state index in [9.17, 15) is 4.79 Å². The van der Waals surface area contributed by atoms with Crippen LogP contribution in [0.25, 0.3) is 0 Å². The molecule has 3 nitrogen and oxygen atoms in total. The monoisotopic (exact) mass is 282 g/mol. The lowest BCUT2D eigenvalue weighted by molar-refractivity contribution is -0.133. The lowest BCUT2D eigenvalue weighted by atomic mass is 9.62. The molecular formula is C13H18N2OS2. The van der Waals surface area contributed by atoms with Crippen LogP contribution in [0.4, 0.5) is 0 Å². The smallest absolute Gasteiger partial charge is 0.233 e. The molecule has 1 aliphatic rings. The number of nitrogens with two attached hydrogens (primary N) is 1. The molecule has 0 saturated heterocycles. The highest BCUT2D eigenvalue weighted by atomic mass is 32.1. The first kappa shape index (κ1) is 13.5. The van der Waals surface area contributed by atoms with Crippen LogP contribution in [-0.4, -0.2) is 10.9 Å². The van der Waals surface area contributed by atoms with Crippen molar-refractivity contribution in [3.05, 3.63) is 21.9 Å². The highest BCUT2D eigenvalue weighted by Gasteiger charge is 2.50. The van der Waals surface area contributed by atoms with Gasteiger partial charge in [-0.1, -0.05) is 19.1 Å². The number of carbonyl (C=O) groups is 1. The molecule has 0 aromatic carbocycles. The fraction of sp³-hybridized carbons (Fsp3) is 0.538. The minimum Gasteiger partial charge on any atom is -0.392 e. The van der Waals surface area contributed by atoms with Gasteiger partial charge >= 0.3 is 0 Å². The zero-order valence-corrected chi connectivity index (χ0v) is 12.3. The van der Waals surface area contributed by atoms with Crippen molar-refractivity contribution in [1.29, 1.82) is 0 Å². The molecule has 2 rings (SSSR count). The van der Waals surface area contributed by atoms with Crippen LogP contribution in [0.5, 0.6) is 0 Å². The van der Waals surface area contributed by atoms with Crippen LogP contribution in [0.2, 0.25) is 0 Å². The van der Waals surface area contributed by atoms with Crippen molar-refractivity contribution in [3.8, 4) is 0 Å². The van der Waals surface area contributed by atoms with Crippen molar-refractivity contribution in [1.82, 2.24) is 5.32 Å². The van der Waals surface area contributed by atoms with Gasteiger partial charge < -0.3 is 11.1 Å². The molecule has 98 valence electrons. The predicted octanol–water partition coefficient (Wildman–Crippen LogP) is 2.38. The molecule has 1 saturated carbocycles. The normalized spacial score (nSPS) is 26.4. The van der Waals surface area contributed by atoms with Crippen LogP contribution in [-0.2, 0) is 11.3 Å². The number of thiocarbonyl (C=S) groups is 1.